The zero-order valence-corrected chi connectivity index (χ0v) is 19.4. The highest BCUT2D eigenvalue weighted by Gasteiger charge is 2.34. The lowest BCUT2D eigenvalue weighted by atomic mass is 9.79. The molecule has 0 amide bonds. The molecule has 0 spiro atoms. The van der Waals surface area contributed by atoms with Gasteiger partial charge in [-0.05, 0) is 31.7 Å². The van der Waals surface area contributed by atoms with E-state index in [0.29, 0.717) is 23.8 Å². The maximum absolute atomic E-state index is 13.4. The van der Waals surface area contributed by atoms with E-state index in [4.69, 9.17) is 28.8 Å². The first kappa shape index (κ1) is 25.6. The minimum Gasteiger partial charge on any atom is -0.384 e. The summed E-state index contributed by atoms with van der Waals surface area (Å²) in [5.74, 6) is -0.343. The van der Waals surface area contributed by atoms with E-state index < -0.39 is 18.3 Å². The van der Waals surface area contributed by atoms with E-state index in [1.165, 1.54) is 12.3 Å². The number of nitrogens with two attached hydrogens (primary N) is 3. The number of alkyl halides is 1. The fourth-order valence-electron chi connectivity index (χ4n) is 4.24. The Morgan fingerprint density at radius 1 is 1.30 bits per heavy atom. The predicted molar refractivity (Wildman–Crippen MR) is 131 cm³/mol. The Kier molecular flexibility index (Phi) is 9.25. The number of hydrogen-bond acceptors (Lipinski definition) is 8. The van der Waals surface area contributed by atoms with Gasteiger partial charge in [0.2, 0.25) is 5.95 Å². The van der Waals surface area contributed by atoms with Gasteiger partial charge in [-0.1, -0.05) is 24.3 Å². The minimum atomic E-state index is -1.29. The molecule has 10 heteroatoms. The van der Waals surface area contributed by atoms with Gasteiger partial charge in [-0.3, -0.25) is 0 Å². The molecule has 0 radical (unpaired) electrons. The summed E-state index contributed by atoms with van der Waals surface area (Å²) in [6.07, 6.45) is 12.6. The lowest BCUT2D eigenvalue weighted by molar-refractivity contribution is 0.204. The molecular formula is C23H35ClFN7O. The number of nitrogens with one attached hydrogen (secondary N) is 3. The molecule has 8 nitrogen and oxygen atoms in total. The second-order valence-electron chi connectivity index (χ2n) is 8.77. The Bertz CT molecular complexity index is 855. The van der Waals surface area contributed by atoms with Crippen molar-refractivity contribution in [2.75, 3.05) is 18.4 Å². The van der Waals surface area contributed by atoms with Gasteiger partial charge in [0.05, 0.1) is 5.38 Å². The molecule has 0 aliphatic heterocycles. The smallest absolute Gasteiger partial charge is 0.214 e. The van der Waals surface area contributed by atoms with Gasteiger partial charge in [0.1, 0.15) is 12.4 Å². The molecule has 4 unspecified atom stereocenters. The summed E-state index contributed by atoms with van der Waals surface area (Å²) in [5, 5.41) is 20.0. The van der Waals surface area contributed by atoms with Gasteiger partial charge in [-0.15, -0.1) is 11.6 Å². The summed E-state index contributed by atoms with van der Waals surface area (Å²) >= 11 is 6.37. The van der Waals surface area contributed by atoms with Crippen LogP contribution < -0.4 is 33.2 Å². The molecule has 1 heterocycles. The summed E-state index contributed by atoms with van der Waals surface area (Å²) in [6, 6.07) is 3.19. The highest BCUT2D eigenvalue weighted by atomic mass is 35.5. The quantitative estimate of drug-likeness (QED) is 0.151. The van der Waals surface area contributed by atoms with E-state index in [0.717, 1.165) is 32.2 Å². The number of rotatable bonds is 10. The number of pyridine rings is 1. The third kappa shape index (κ3) is 7.23. The molecule has 4 atom stereocenters. The van der Waals surface area contributed by atoms with Crippen molar-refractivity contribution in [1.29, 1.82) is 0 Å². The Morgan fingerprint density at radius 3 is 2.67 bits per heavy atom. The van der Waals surface area contributed by atoms with Crippen LogP contribution in [0.5, 0.6) is 0 Å². The standard InChI is InChI=1S/C23H35ClFN7O/c24-19-4-2-1-3-15(19)12-30-16-5-8-23(14-26,9-6-16)31-13-18(22(28)33)21(27)32-17-7-10-29-20(25)11-17/h1-4,7,10-11,13,15-16,19,21-22,30-31,33H,5-6,8-9,12,14,26-28H2,(H,29,32). The van der Waals surface area contributed by atoms with Gasteiger partial charge in [-0.25, -0.2) is 4.98 Å². The molecule has 2 aliphatic rings. The molecule has 1 aromatic heterocycles. The Morgan fingerprint density at radius 2 is 2.03 bits per heavy atom. The SMILES string of the molecule is NCC1(NC=C(C(N)O)C(N)Nc2ccnc(F)c2)CCC(NCC2C=CC=CC2Cl)CC1. The lowest BCUT2D eigenvalue weighted by Crippen LogP contribution is -2.54. The fraction of sp³-hybridized carbons (Fsp3) is 0.522. The van der Waals surface area contributed by atoms with Crippen LogP contribution in [0.2, 0.25) is 0 Å². The molecule has 0 bridgehead atoms. The number of anilines is 1. The second-order valence-corrected chi connectivity index (χ2v) is 9.27. The van der Waals surface area contributed by atoms with Crippen molar-refractivity contribution in [3.63, 3.8) is 0 Å². The van der Waals surface area contributed by atoms with E-state index >= 15 is 0 Å². The van der Waals surface area contributed by atoms with Crippen molar-refractivity contribution in [3.8, 4) is 0 Å². The molecule has 3 rings (SSSR count). The zero-order chi connectivity index (χ0) is 23.8. The van der Waals surface area contributed by atoms with Crippen molar-refractivity contribution >= 4 is 17.3 Å². The van der Waals surface area contributed by atoms with E-state index in [-0.39, 0.29) is 16.8 Å². The Balaban J connectivity index is 1.55. The van der Waals surface area contributed by atoms with Gasteiger partial charge in [-0.2, -0.15) is 4.39 Å². The third-order valence-corrected chi connectivity index (χ3v) is 6.91. The van der Waals surface area contributed by atoms with Gasteiger partial charge < -0.3 is 38.3 Å². The summed E-state index contributed by atoms with van der Waals surface area (Å²) in [7, 11) is 0. The van der Waals surface area contributed by atoms with E-state index in [2.05, 4.69) is 27.0 Å². The minimum absolute atomic E-state index is 0.0172. The summed E-state index contributed by atoms with van der Waals surface area (Å²) in [4.78, 5) is 3.51. The highest BCUT2D eigenvalue weighted by molar-refractivity contribution is 6.22. The number of nitrogens with zero attached hydrogens (tertiary/aromatic N) is 1. The summed E-state index contributed by atoms with van der Waals surface area (Å²) in [5.41, 5.74) is 18.5. The number of halogens is 2. The molecule has 0 aromatic carbocycles. The number of aromatic nitrogens is 1. The number of aliphatic hydroxyl groups is 1. The first-order chi connectivity index (χ1) is 15.8. The average molecular weight is 480 g/mol. The second kappa shape index (κ2) is 11.9. The lowest BCUT2D eigenvalue weighted by Gasteiger charge is -2.41. The molecule has 33 heavy (non-hydrogen) atoms. The van der Waals surface area contributed by atoms with Crippen LogP contribution in [0.15, 0.2) is 54.4 Å². The number of allylic oxidation sites excluding steroid dienone is 3. The maximum atomic E-state index is 13.4. The molecule has 1 saturated carbocycles. The summed E-state index contributed by atoms with van der Waals surface area (Å²) < 4.78 is 13.4. The van der Waals surface area contributed by atoms with Crippen LogP contribution in [0.4, 0.5) is 10.1 Å². The Labute approximate surface area is 199 Å². The summed E-state index contributed by atoms with van der Waals surface area (Å²) in [6.45, 7) is 1.27. The molecule has 10 N–H and O–H groups in total. The van der Waals surface area contributed by atoms with Gasteiger partial charge in [0.25, 0.3) is 0 Å². The molecule has 2 aliphatic carbocycles. The van der Waals surface area contributed by atoms with Crippen LogP contribution >= 0.6 is 11.6 Å². The number of aliphatic hydroxyl groups excluding tert-OH is 1. The average Bonchev–Trinajstić information content (AvgIpc) is 2.79. The van der Waals surface area contributed by atoms with E-state index in [1.807, 2.05) is 18.2 Å². The highest BCUT2D eigenvalue weighted by Crippen LogP contribution is 2.29. The third-order valence-electron chi connectivity index (χ3n) is 6.44. The van der Waals surface area contributed by atoms with Gasteiger partial charge in [0, 0.05) is 60.3 Å². The van der Waals surface area contributed by atoms with Crippen molar-refractivity contribution in [3.05, 3.63) is 60.4 Å². The molecule has 0 saturated heterocycles. The van der Waals surface area contributed by atoms with Crippen molar-refractivity contribution in [2.24, 2.45) is 23.1 Å². The van der Waals surface area contributed by atoms with Crippen molar-refractivity contribution < 1.29 is 9.50 Å². The van der Waals surface area contributed by atoms with Gasteiger partial charge in [0.15, 0.2) is 0 Å². The maximum Gasteiger partial charge on any atom is 0.214 e. The Hall–Kier alpha value is -2.01. The molecular weight excluding hydrogens is 445 g/mol. The van der Waals surface area contributed by atoms with E-state index in [9.17, 15) is 9.50 Å². The fourth-order valence-corrected chi connectivity index (χ4v) is 4.50. The molecule has 1 fully saturated rings. The largest absolute Gasteiger partial charge is 0.384 e. The number of hydrogen-bond donors (Lipinski definition) is 7. The monoisotopic (exact) mass is 479 g/mol. The van der Waals surface area contributed by atoms with Crippen molar-refractivity contribution in [2.45, 2.75) is 55.0 Å². The van der Waals surface area contributed by atoms with Crippen LogP contribution in [-0.4, -0.2) is 52.5 Å². The van der Waals surface area contributed by atoms with Crippen LogP contribution in [0.25, 0.3) is 0 Å². The molecule has 1 aromatic rings. The normalized spacial score (nSPS) is 29.5. The molecule has 182 valence electrons. The van der Waals surface area contributed by atoms with Gasteiger partial charge >= 0.3 is 0 Å². The van der Waals surface area contributed by atoms with E-state index in [1.54, 1.807) is 12.3 Å². The van der Waals surface area contributed by atoms with Crippen LogP contribution in [-0.2, 0) is 0 Å². The first-order valence-corrected chi connectivity index (χ1v) is 11.7. The van der Waals surface area contributed by atoms with Crippen molar-refractivity contribution in [1.82, 2.24) is 15.6 Å². The topological polar surface area (TPSA) is 147 Å². The van der Waals surface area contributed by atoms with Crippen LogP contribution in [0.1, 0.15) is 25.7 Å². The first-order valence-electron chi connectivity index (χ1n) is 11.3. The van der Waals surface area contributed by atoms with Crippen LogP contribution in [0.3, 0.4) is 0 Å². The van der Waals surface area contributed by atoms with Crippen LogP contribution in [0, 0.1) is 11.9 Å². The predicted octanol–water partition coefficient (Wildman–Crippen LogP) is 1.25. The zero-order valence-electron chi connectivity index (χ0n) is 18.6.